The smallest absolute Gasteiger partial charge is 0.297 e. The van der Waals surface area contributed by atoms with Crippen molar-refractivity contribution in [3.8, 4) is 0 Å². The molecule has 0 unspecified atom stereocenters. The van der Waals surface area contributed by atoms with Crippen molar-refractivity contribution < 1.29 is 17.4 Å². The third-order valence-electron chi connectivity index (χ3n) is 9.90. The Morgan fingerprint density at radius 3 is 2.42 bits per heavy atom. The van der Waals surface area contributed by atoms with Crippen LogP contribution in [0.1, 0.15) is 77.2 Å². The summed E-state index contributed by atoms with van der Waals surface area (Å²) in [5.41, 5.74) is 1.22. The van der Waals surface area contributed by atoms with Crippen molar-refractivity contribution in [1.82, 2.24) is 0 Å². The Balaban J connectivity index is 1.30. The minimum Gasteiger partial charge on any atom is -0.299 e. The van der Waals surface area contributed by atoms with E-state index in [9.17, 15) is 13.2 Å². The molecule has 31 heavy (non-hydrogen) atoms. The van der Waals surface area contributed by atoms with Crippen LogP contribution in [0.25, 0.3) is 0 Å². The highest BCUT2D eigenvalue weighted by atomic mass is 32.2. The highest BCUT2D eigenvalue weighted by molar-refractivity contribution is 7.86. The van der Waals surface area contributed by atoms with E-state index in [1.54, 1.807) is 12.1 Å². The molecule has 4 aliphatic rings. The number of aryl methyl sites for hydroxylation is 1. The first-order valence-electron chi connectivity index (χ1n) is 12.2. The van der Waals surface area contributed by atoms with Crippen LogP contribution < -0.4 is 0 Å². The first-order chi connectivity index (χ1) is 14.6. The first-order valence-corrected chi connectivity index (χ1v) is 13.6. The lowest BCUT2D eigenvalue weighted by molar-refractivity contribution is -0.141. The van der Waals surface area contributed by atoms with Gasteiger partial charge in [-0.1, -0.05) is 31.5 Å². The summed E-state index contributed by atoms with van der Waals surface area (Å²) in [5.74, 6) is 2.92. The van der Waals surface area contributed by atoms with E-state index < -0.39 is 10.1 Å². The predicted molar refractivity (Wildman–Crippen MR) is 120 cm³/mol. The molecule has 1 aromatic carbocycles. The average Bonchev–Trinajstić information content (AvgIpc) is 3.03. The van der Waals surface area contributed by atoms with Gasteiger partial charge in [0.15, 0.2) is 0 Å². The van der Waals surface area contributed by atoms with Crippen molar-refractivity contribution in [2.75, 3.05) is 0 Å². The van der Waals surface area contributed by atoms with Gasteiger partial charge in [0.2, 0.25) is 0 Å². The van der Waals surface area contributed by atoms with Gasteiger partial charge in [0.1, 0.15) is 5.78 Å². The van der Waals surface area contributed by atoms with Gasteiger partial charge < -0.3 is 0 Å². The number of benzene rings is 1. The molecule has 4 fully saturated rings. The van der Waals surface area contributed by atoms with E-state index in [0.717, 1.165) is 56.9 Å². The van der Waals surface area contributed by atoms with Gasteiger partial charge in [0, 0.05) is 11.8 Å². The zero-order chi connectivity index (χ0) is 22.0. The van der Waals surface area contributed by atoms with Crippen LogP contribution in [0.2, 0.25) is 0 Å². The number of rotatable bonds is 3. The van der Waals surface area contributed by atoms with E-state index in [2.05, 4.69) is 13.8 Å². The lowest BCUT2D eigenvalue weighted by atomic mass is 9.45. The van der Waals surface area contributed by atoms with Gasteiger partial charge in [-0.2, -0.15) is 8.42 Å². The number of ketones is 1. The standard InChI is InChI=1S/C26H36O4S/c1-17-4-7-20(8-5-17)31(28,29)30-19-12-14-25(2)18(16-19)6-9-21-22-10-11-24(27)26(22,3)15-13-23(21)25/h4-5,7-8,18-19,21-23H,6,9-16H2,1-3H3/t18-,19-,21+,22+,23-,25+,26+/m0/s1. The van der Waals surface area contributed by atoms with E-state index in [1.807, 2.05) is 19.1 Å². The number of fused-ring (bicyclic) bond motifs is 5. The Hall–Kier alpha value is -1.20. The molecule has 0 radical (unpaired) electrons. The quantitative estimate of drug-likeness (QED) is 0.563. The average molecular weight is 445 g/mol. The molecule has 5 heteroatoms. The second-order valence-electron chi connectivity index (χ2n) is 11.3. The van der Waals surface area contributed by atoms with Crippen molar-refractivity contribution in [3.05, 3.63) is 29.8 Å². The third kappa shape index (κ3) is 3.42. The molecule has 0 amide bonds. The fourth-order valence-corrected chi connectivity index (χ4v) is 9.13. The summed E-state index contributed by atoms with van der Waals surface area (Å²) in [7, 11) is -3.72. The van der Waals surface area contributed by atoms with Crippen LogP contribution in [-0.2, 0) is 19.1 Å². The molecule has 7 atom stereocenters. The lowest BCUT2D eigenvalue weighted by Crippen LogP contribution is -2.54. The Labute approximate surface area is 187 Å². The van der Waals surface area contributed by atoms with Gasteiger partial charge in [0.05, 0.1) is 11.0 Å². The summed E-state index contributed by atoms with van der Waals surface area (Å²) in [6, 6.07) is 6.93. The normalized spacial score (nSPS) is 42.5. The minimum absolute atomic E-state index is 0.0766. The molecule has 4 nitrogen and oxygen atoms in total. The van der Waals surface area contributed by atoms with Crippen LogP contribution in [0.5, 0.6) is 0 Å². The van der Waals surface area contributed by atoms with E-state index >= 15 is 0 Å². The first kappa shape index (κ1) is 21.6. The highest BCUT2D eigenvalue weighted by Crippen LogP contribution is 2.65. The minimum atomic E-state index is -3.72. The maximum atomic E-state index is 12.8. The van der Waals surface area contributed by atoms with Gasteiger partial charge in [0.25, 0.3) is 10.1 Å². The summed E-state index contributed by atoms with van der Waals surface area (Å²) in [4.78, 5) is 12.9. The maximum absolute atomic E-state index is 12.8. The van der Waals surface area contributed by atoms with Crippen molar-refractivity contribution in [3.63, 3.8) is 0 Å². The highest BCUT2D eigenvalue weighted by Gasteiger charge is 2.60. The van der Waals surface area contributed by atoms with Crippen molar-refractivity contribution in [2.24, 2.45) is 34.5 Å². The Morgan fingerprint density at radius 1 is 0.935 bits per heavy atom. The number of hydrogen-bond donors (Lipinski definition) is 0. The largest absolute Gasteiger partial charge is 0.299 e. The summed E-state index contributed by atoms with van der Waals surface area (Å²) in [6.45, 7) is 6.64. The van der Waals surface area contributed by atoms with Crippen molar-refractivity contribution >= 4 is 15.9 Å². The maximum Gasteiger partial charge on any atom is 0.297 e. The predicted octanol–water partition coefficient (Wildman–Crippen LogP) is 5.68. The molecule has 1 aromatic rings. The Morgan fingerprint density at radius 2 is 1.68 bits per heavy atom. The van der Waals surface area contributed by atoms with E-state index in [0.29, 0.717) is 29.5 Å². The molecule has 170 valence electrons. The Bertz CT molecular complexity index is 968. The number of Topliss-reactive ketones (excluding diaryl/α,β-unsaturated/α-hetero) is 1. The second-order valence-corrected chi connectivity index (χ2v) is 12.9. The summed E-state index contributed by atoms with van der Waals surface area (Å²) in [5, 5.41) is 0. The fraction of sp³-hybridized carbons (Fsp3) is 0.731. The molecule has 0 heterocycles. The van der Waals surface area contributed by atoms with E-state index in [-0.39, 0.29) is 21.8 Å². The van der Waals surface area contributed by atoms with Gasteiger partial charge in [-0.05, 0) is 99.5 Å². The number of carbonyl (C=O) groups excluding carboxylic acids is 1. The van der Waals surface area contributed by atoms with Crippen molar-refractivity contribution in [1.29, 1.82) is 0 Å². The van der Waals surface area contributed by atoms with Crippen LogP contribution in [-0.4, -0.2) is 20.3 Å². The topological polar surface area (TPSA) is 60.4 Å². The molecule has 0 N–H and O–H groups in total. The zero-order valence-electron chi connectivity index (χ0n) is 19.1. The SMILES string of the molecule is Cc1ccc(S(=O)(=O)O[C@H]2CC[C@]3(C)[C@@H](CC[C@@H]4[C@H]5CCC(=O)[C@]5(C)CC[C@@H]43)C2)cc1. The van der Waals surface area contributed by atoms with Gasteiger partial charge in [-0.15, -0.1) is 0 Å². The molecule has 4 aliphatic carbocycles. The van der Waals surface area contributed by atoms with Crippen LogP contribution in [0.3, 0.4) is 0 Å². The summed E-state index contributed by atoms with van der Waals surface area (Å²) >= 11 is 0. The van der Waals surface area contributed by atoms with Crippen LogP contribution in [0.4, 0.5) is 0 Å². The van der Waals surface area contributed by atoms with Crippen molar-refractivity contribution in [2.45, 2.75) is 89.6 Å². The van der Waals surface area contributed by atoms with Gasteiger partial charge >= 0.3 is 0 Å². The van der Waals surface area contributed by atoms with E-state index in [1.165, 1.54) is 6.42 Å². The van der Waals surface area contributed by atoms with Gasteiger partial charge in [-0.25, -0.2) is 0 Å². The molecule has 0 aliphatic heterocycles. The van der Waals surface area contributed by atoms with Gasteiger partial charge in [-0.3, -0.25) is 8.98 Å². The molecule has 0 saturated heterocycles. The lowest BCUT2D eigenvalue weighted by Gasteiger charge is -2.60. The number of carbonyl (C=O) groups is 1. The summed E-state index contributed by atoms with van der Waals surface area (Å²) < 4.78 is 31.4. The van der Waals surface area contributed by atoms with Crippen LogP contribution in [0, 0.1) is 41.4 Å². The summed E-state index contributed by atoms with van der Waals surface area (Å²) in [6.07, 6.45) is 8.85. The monoisotopic (exact) mass is 444 g/mol. The van der Waals surface area contributed by atoms with Crippen LogP contribution >= 0.6 is 0 Å². The molecular formula is C26H36O4S. The Kier molecular flexibility index (Phi) is 5.17. The van der Waals surface area contributed by atoms with E-state index in [4.69, 9.17) is 4.18 Å². The molecule has 0 spiro atoms. The zero-order valence-corrected chi connectivity index (χ0v) is 19.9. The molecular weight excluding hydrogens is 408 g/mol. The van der Waals surface area contributed by atoms with Crippen LogP contribution in [0.15, 0.2) is 29.2 Å². The molecule has 4 saturated carbocycles. The molecule has 0 aromatic heterocycles. The second kappa shape index (κ2) is 7.41. The number of hydrogen-bond acceptors (Lipinski definition) is 4. The molecule has 5 rings (SSSR count). The fourth-order valence-electron chi connectivity index (χ4n) is 8.02. The third-order valence-corrected chi connectivity index (χ3v) is 11.3. The molecule has 0 bridgehead atoms.